The maximum Gasteiger partial charge on any atom is 0.154 e. The fourth-order valence-electron chi connectivity index (χ4n) is 5.00. The maximum atomic E-state index is 11.3. The number of piperidine rings is 1. The number of phenolic OH excluding ortho intramolecular Hbond substituents is 1. The quantitative estimate of drug-likeness (QED) is 0.606. The molecule has 2 atom stereocenters. The molecule has 0 spiro atoms. The van der Waals surface area contributed by atoms with E-state index in [1.807, 2.05) is 12.1 Å². The Morgan fingerprint density at radius 3 is 2.58 bits per heavy atom. The van der Waals surface area contributed by atoms with Crippen molar-refractivity contribution in [3.8, 4) is 5.75 Å². The Bertz CT molecular complexity index is 779. The molecule has 1 saturated heterocycles. The first kappa shape index (κ1) is 17.5. The van der Waals surface area contributed by atoms with Crippen LogP contribution in [0.3, 0.4) is 0 Å². The van der Waals surface area contributed by atoms with Gasteiger partial charge in [-0.25, -0.2) is 0 Å². The van der Waals surface area contributed by atoms with Crippen LogP contribution in [0.25, 0.3) is 10.8 Å². The first-order chi connectivity index (χ1) is 12.8. The van der Waals surface area contributed by atoms with Crippen LogP contribution in [0.4, 0.5) is 0 Å². The van der Waals surface area contributed by atoms with E-state index in [4.69, 9.17) is 0 Å². The van der Waals surface area contributed by atoms with Crippen LogP contribution in [-0.4, -0.2) is 35.4 Å². The number of carbonyl (C=O) groups excluding carboxylic acids is 1. The Morgan fingerprint density at radius 1 is 0.923 bits per heavy atom. The third-order valence-electron chi connectivity index (χ3n) is 6.50. The zero-order chi connectivity index (χ0) is 17.9. The van der Waals surface area contributed by atoms with Crippen molar-refractivity contribution in [3.05, 3.63) is 41.5 Å². The minimum absolute atomic E-state index is 0.0686. The summed E-state index contributed by atoms with van der Waals surface area (Å²) in [6.45, 7) is 2.59. The molecule has 26 heavy (non-hydrogen) atoms. The lowest BCUT2D eigenvalue weighted by Crippen LogP contribution is -2.38. The second-order valence-electron chi connectivity index (χ2n) is 8.05. The highest BCUT2D eigenvalue weighted by molar-refractivity contribution is 6.00. The zero-order valence-corrected chi connectivity index (χ0v) is 15.5. The van der Waals surface area contributed by atoms with Crippen LogP contribution < -0.4 is 0 Å². The van der Waals surface area contributed by atoms with Gasteiger partial charge in [-0.1, -0.05) is 37.1 Å². The monoisotopic (exact) mass is 351 g/mol. The second-order valence-corrected chi connectivity index (χ2v) is 8.05. The lowest BCUT2D eigenvalue weighted by atomic mass is 9.89. The lowest BCUT2D eigenvalue weighted by molar-refractivity contribution is 0.112. The van der Waals surface area contributed by atoms with Crippen LogP contribution in [0.5, 0.6) is 5.75 Å². The molecule has 1 saturated carbocycles. The fraction of sp³-hybridized carbons (Fsp3) is 0.522. The minimum Gasteiger partial charge on any atom is -0.507 e. The Balaban J connectivity index is 1.52. The number of rotatable bonds is 3. The van der Waals surface area contributed by atoms with Gasteiger partial charge in [0.1, 0.15) is 5.75 Å². The van der Waals surface area contributed by atoms with Crippen molar-refractivity contribution in [1.29, 1.82) is 0 Å². The van der Waals surface area contributed by atoms with Crippen LogP contribution in [0.2, 0.25) is 0 Å². The molecule has 2 aromatic carbocycles. The van der Waals surface area contributed by atoms with Gasteiger partial charge in [0.05, 0.1) is 5.56 Å². The van der Waals surface area contributed by atoms with Crippen molar-refractivity contribution in [3.63, 3.8) is 0 Å². The maximum absolute atomic E-state index is 11.3. The van der Waals surface area contributed by atoms with E-state index >= 15 is 0 Å². The van der Waals surface area contributed by atoms with Crippen molar-refractivity contribution < 1.29 is 9.90 Å². The smallest absolute Gasteiger partial charge is 0.154 e. The summed E-state index contributed by atoms with van der Waals surface area (Å²) < 4.78 is 0. The van der Waals surface area contributed by atoms with E-state index in [2.05, 4.69) is 17.0 Å². The number of fused-ring (bicyclic) bond motifs is 1. The Labute approximate surface area is 156 Å². The molecular formula is C23H29NO2. The van der Waals surface area contributed by atoms with Crippen molar-refractivity contribution in [2.45, 2.75) is 63.3 Å². The number of aldehydes is 1. The third-order valence-corrected chi connectivity index (χ3v) is 6.50. The van der Waals surface area contributed by atoms with Gasteiger partial charge in [-0.3, -0.25) is 4.79 Å². The lowest BCUT2D eigenvalue weighted by Gasteiger charge is -2.34. The van der Waals surface area contributed by atoms with Crippen LogP contribution in [0.1, 0.15) is 73.2 Å². The summed E-state index contributed by atoms with van der Waals surface area (Å²) in [6.07, 6.45) is 11.4. The molecule has 138 valence electrons. The first-order valence-electron chi connectivity index (χ1n) is 10.2. The van der Waals surface area contributed by atoms with E-state index in [1.165, 1.54) is 70.0 Å². The summed E-state index contributed by atoms with van der Waals surface area (Å²) in [5.74, 6) is 0.682. The number of hydrogen-bond donors (Lipinski definition) is 1. The van der Waals surface area contributed by atoms with Gasteiger partial charge in [0, 0.05) is 6.04 Å². The number of nitrogens with zero attached hydrogens (tertiary/aromatic N) is 1. The van der Waals surface area contributed by atoms with E-state index in [0.717, 1.165) is 23.1 Å². The summed E-state index contributed by atoms with van der Waals surface area (Å²) in [4.78, 5) is 14.0. The average molecular weight is 351 g/mol. The molecule has 4 rings (SSSR count). The van der Waals surface area contributed by atoms with Crippen LogP contribution in [0.15, 0.2) is 30.3 Å². The largest absolute Gasteiger partial charge is 0.507 e. The van der Waals surface area contributed by atoms with Gasteiger partial charge in [0.25, 0.3) is 0 Å². The van der Waals surface area contributed by atoms with Gasteiger partial charge in [-0.2, -0.15) is 0 Å². The summed E-state index contributed by atoms with van der Waals surface area (Å²) in [6, 6.07) is 10.7. The number of aromatic hydroxyl groups is 1. The molecule has 0 radical (unpaired) electrons. The standard InChI is InChI=1S/C23H29NO2/c25-16-22-21-11-8-18(15-19(21)9-12-23(22)26)17-5-4-6-20(10-7-17)24-13-2-1-3-14-24/h8-9,11-12,15-17,20,26H,1-7,10,13-14H2. The van der Waals surface area contributed by atoms with E-state index in [9.17, 15) is 9.90 Å². The van der Waals surface area contributed by atoms with Crippen molar-refractivity contribution in [1.82, 2.24) is 4.90 Å². The molecule has 3 heteroatoms. The molecule has 2 aliphatic rings. The molecule has 1 heterocycles. The molecular weight excluding hydrogens is 322 g/mol. The van der Waals surface area contributed by atoms with Gasteiger partial charge in [0.2, 0.25) is 0 Å². The highest BCUT2D eigenvalue weighted by Crippen LogP contribution is 2.36. The molecule has 1 aliphatic carbocycles. The molecule has 2 fully saturated rings. The second kappa shape index (κ2) is 7.79. The molecule has 2 aromatic rings. The van der Waals surface area contributed by atoms with Crippen molar-refractivity contribution >= 4 is 17.1 Å². The van der Waals surface area contributed by atoms with Gasteiger partial charge < -0.3 is 10.0 Å². The molecule has 1 N–H and O–H groups in total. The minimum atomic E-state index is 0.0686. The highest BCUT2D eigenvalue weighted by Gasteiger charge is 2.25. The summed E-state index contributed by atoms with van der Waals surface area (Å²) in [5.41, 5.74) is 1.79. The van der Waals surface area contributed by atoms with E-state index in [1.54, 1.807) is 6.07 Å². The average Bonchev–Trinajstić information content (AvgIpc) is 2.94. The number of benzene rings is 2. The van der Waals surface area contributed by atoms with Crippen LogP contribution >= 0.6 is 0 Å². The molecule has 1 aliphatic heterocycles. The zero-order valence-electron chi connectivity index (χ0n) is 15.5. The van der Waals surface area contributed by atoms with Crippen LogP contribution in [-0.2, 0) is 0 Å². The molecule has 0 aromatic heterocycles. The predicted molar refractivity (Wildman–Crippen MR) is 106 cm³/mol. The molecule has 0 amide bonds. The van der Waals surface area contributed by atoms with Gasteiger partial charge in [-0.15, -0.1) is 0 Å². The molecule has 0 bridgehead atoms. The molecule has 3 nitrogen and oxygen atoms in total. The topological polar surface area (TPSA) is 40.5 Å². The Morgan fingerprint density at radius 2 is 1.77 bits per heavy atom. The van der Waals surface area contributed by atoms with Gasteiger partial charge in [-0.05, 0) is 79.9 Å². The van der Waals surface area contributed by atoms with E-state index in [0.29, 0.717) is 11.5 Å². The number of likely N-dealkylation sites (tertiary alicyclic amines) is 1. The summed E-state index contributed by atoms with van der Waals surface area (Å²) in [7, 11) is 0. The van der Waals surface area contributed by atoms with Crippen LogP contribution in [0, 0.1) is 0 Å². The fourth-order valence-corrected chi connectivity index (χ4v) is 5.00. The van der Waals surface area contributed by atoms with Crippen molar-refractivity contribution in [2.24, 2.45) is 0 Å². The normalized spacial score (nSPS) is 25.1. The SMILES string of the molecule is O=Cc1c(O)ccc2cc(C3CCCC(N4CCCCC4)CC3)ccc12. The number of carbonyl (C=O) groups is 1. The predicted octanol–water partition coefficient (Wildman–Crippen LogP) is 5.26. The third kappa shape index (κ3) is 3.50. The van der Waals surface area contributed by atoms with Gasteiger partial charge >= 0.3 is 0 Å². The van der Waals surface area contributed by atoms with Gasteiger partial charge in [0.15, 0.2) is 6.29 Å². The van der Waals surface area contributed by atoms with E-state index in [-0.39, 0.29) is 5.75 Å². The highest BCUT2D eigenvalue weighted by atomic mass is 16.3. The number of phenols is 1. The Hall–Kier alpha value is -1.87. The van der Waals surface area contributed by atoms with Crippen molar-refractivity contribution in [2.75, 3.05) is 13.1 Å². The summed E-state index contributed by atoms with van der Waals surface area (Å²) in [5, 5.41) is 11.8. The molecule has 2 unspecified atom stereocenters. The number of hydrogen-bond acceptors (Lipinski definition) is 3. The van der Waals surface area contributed by atoms with E-state index < -0.39 is 0 Å². The summed E-state index contributed by atoms with van der Waals surface area (Å²) >= 11 is 0. The first-order valence-corrected chi connectivity index (χ1v) is 10.2. The Kier molecular flexibility index (Phi) is 5.26.